The van der Waals surface area contributed by atoms with Crippen LogP contribution in [-0.2, 0) is 0 Å². The van der Waals surface area contributed by atoms with Crippen molar-refractivity contribution in [3.05, 3.63) is 11.3 Å². The maximum Gasteiger partial charge on any atom is 0.170 e. The molecule has 0 radical (unpaired) electrons. The van der Waals surface area contributed by atoms with Gasteiger partial charge in [0.05, 0.1) is 0 Å². The summed E-state index contributed by atoms with van der Waals surface area (Å²) in [6.45, 7) is 6.36. The Labute approximate surface area is 85.7 Å². The minimum Gasteiger partial charge on any atom is -0.381 e. The maximum atomic E-state index is 5.66. The number of aromatic nitrogens is 1. The van der Waals surface area contributed by atoms with Crippen molar-refractivity contribution in [3.63, 3.8) is 0 Å². The Bertz CT molecular complexity index is 281. The van der Waals surface area contributed by atoms with Crippen LogP contribution < -0.4 is 5.73 Å². The van der Waals surface area contributed by atoms with Crippen molar-refractivity contribution in [2.24, 2.45) is 0 Å². The van der Waals surface area contributed by atoms with E-state index in [2.05, 4.69) is 19.0 Å². The third-order valence-electron chi connectivity index (χ3n) is 2.77. The van der Waals surface area contributed by atoms with Crippen molar-refractivity contribution in [2.75, 3.05) is 5.73 Å². The lowest BCUT2D eigenvalue weighted by molar-refractivity contribution is 0.347. The second kappa shape index (κ2) is 5.03. The fraction of sp³-hybridized carbons (Fsp3) is 0.727. The maximum absolute atomic E-state index is 5.66. The molecule has 0 saturated carbocycles. The van der Waals surface area contributed by atoms with Crippen LogP contribution in [0, 0.1) is 6.92 Å². The van der Waals surface area contributed by atoms with Crippen LogP contribution in [0.1, 0.15) is 56.8 Å². The van der Waals surface area contributed by atoms with Crippen LogP contribution in [0.5, 0.6) is 0 Å². The summed E-state index contributed by atoms with van der Waals surface area (Å²) < 4.78 is 5.27. The van der Waals surface area contributed by atoms with Gasteiger partial charge in [-0.15, -0.1) is 0 Å². The van der Waals surface area contributed by atoms with E-state index in [9.17, 15) is 0 Å². The van der Waals surface area contributed by atoms with Crippen molar-refractivity contribution in [3.8, 4) is 0 Å². The zero-order valence-electron chi connectivity index (χ0n) is 9.34. The van der Waals surface area contributed by atoms with E-state index in [0.717, 1.165) is 17.7 Å². The number of nitrogens with two attached hydrogens (primary N) is 1. The highest BCUT2D eigenvalue weighted by molar-refractivity contribution is 5.40. The lowest BCUT2D eigenvalue weighted by Gasteiger charge is -2.11. The number of rotatable bonds is 5. The number of hydrogen-bond acceptors (Lipinski definition) is 3. The molecule has 1 rings (SSSR count). The highest BCUT2D eigenvalue weighted by atomic mass is 16.5. The Morgan fingerprint density at radius 1 is 1.43 bits per heavy atom. The third-order valence-corrected chi connectivity index (χ3v) is 2.77. The van der Waals surface area contributed by atoms with Crippen LogP contribution in [0.25, 0.3) is 0 Å². The molecule has 0 bridgehead atoms. The summed E-state index contributed by atoms with van der Waals surface area (Å²) in [5, 5.41) is 3.80. The lowest BCUT2D eigenvalue weighted by atomic mass is 9.94. The van der Waals surface area contributed by atoms with E-state index in [0.29, 0.717) is 11.7 Å². The monoisotopic (exact) mass is 196 g/mol. The summed E-state index contributed by atoms with van der Waals surface area (Å²) in [7, 11) is 0. The molecular formula is C11H20N2O. The molecule has 1 atom stereocenters. The zero-order valence-corrected chi connectivity index (χ0v) is 9.34. The van der Waals surface area contributed by atoms with Crippen LogP contribution in [-0.4, -0.2) is 5.16 Å². The van der Waals surface area contributed by atoms with Gasteiger partial charge in [-0.25, -0.2) is 0 Å². The standard InChI is InChI=1S/C11H20N2O/c1-4-6-7-9(5-2)10-8(3)11(12)13-14-10/h9H,4-7H2,1-3H3,(H2,12,13). The van der Waals surface area contributed by atoms with E-state index in [4.69, 9.17) is 10.3 Å². The van der Waals surface area contributed by atoms with Gasteiger partial charge >= 0.3 is 0 Å². The second-order valence-electron chi connectivity index (χ2n) is 3.80. The number of nitrogens with zero attached hydrogens (tertiary/aromatic N) is 1. The Hall–Kier alpha value is -0.990. The first-order valence-electron chi connectivity index (χ1n) is 5.42. The number of hydrogen-bond donors (Lipinski definition) is 1. The molecule has 3 heteroatoms. The molecule has 0 aliphatic rings. The van der Waals surface area contributed by atoms with Gasteiger partial charge in [-0.3, -0.25) is 0 Å². The summed E-state index contributed by atoms with van der Waals surface area (Å²) >= 11 is 0. The van der Waals surface area contributed by atoms with E-state index in [1.807, 2.05) is 6.92 Å². The van der Waals surface area contributed by atoms with Crippen molar-refractivity contribution >= 4 is 5.82 Å². The summed E-state index contributed by atoms with van der Waals surface area (Å²) in [6, 6.07) is 0. The van der Waals surface area contributed by atoms with Crippen molar-refractivity contribution in [1.29, 1.82) is 0 Å². The molecule has 0 aliphatic heterocycles. The van der Waals surface area contributed by atoms with Gasteiger partial charge in [0.25, 0.3) is 0 Å². The molecule has 0 saturated heterocycles. The van der Waals surface area contributed by atoms with Gasteiger partial charge in [0.1, 0.15) is 5.76 Å². The Balaban J connectivity index is 2.73. The van der Waals surface area contributed by atoms with Crippen LogP contribution in [0.15, 0.2) is 4.52 Å². The van der Waals surface area contributed by atoms with Gasteiger partial charge in [0.15, 0.2) is 5.82 Å². The predicted octanol–water partition coefficient (Wildman–Crippen LogP) is 3.25. The van der Waals surface area contributed by atoms with E-state index < -0.39 is 0 Å². The molecule has 3 nitrogen and oxygen atoms in total. The van der Waals surface area contributed by atoms with Gasteiger partial charge in [-0.1, -0.05) is 31.8 Å². The SMILES string of the molecule is CCCCC(CC)c1onc(N)c1C. The van der Waals surface area contributed by atoms with Crippen LogP contribution in [0.4, 0.5) is 5.82 Å². The van der Waals surface area contributed by atoms with Crippen LogP contribution >= 0.6 is 0 Å². The van der Waals surface area contributed by atoms with E-state index in [-0.39, 0.29) is 0 Å². The highest BCUT2D eigenvalue weighted by Gasteiger charge is 2.18. The second-order valence-corrected chi connectivity index (χ2v) is 3.80. The van der Waals surface area contributed by atoms with Gasteiger partial charge in [0.2, 0.25) is 0 Å². The third kappa shape index (κ3) is 2.28. The number of unbranched alkanes of at least 4 members (excludes halogenated alkanes) is 1. The molecule has 1 heterocycles. The Morgan fingerprint density at radius 2 is 2.14 bits per heavy atom. The fourth-order valence-corrected chi connectivity index (χ4v) is 1.71. The molecule has 2 N–H and O–H groups in total. The quantitative estimate of drug-likeness (QED) is 0.786. The lowest BCUT2D eigenvalue weighted by Crippen LogP contribution is -1.98. The summed E-state index contributed by atoms with van der Waals surface area (Å²) in [5.41, 5.74) is 6.68. The van der Waals surface area contributed by atoms with Gasteiger partial charge < -0.3 is 10.3 Å². The first-order chi connectivity index (χ1) is 6.70. The first-order valence-corrected chi connectivity index (χ1v) is 5.42. The van der Waals surface area contributed by atoms with Crippen molar-refractivity contribution < 1.29 is 4.52 Å². The smallest absolute Gasteiger partial charge is 0.170 e. The van der Waals surface area contributed by atoms with Crippen molar-refractivity contribution in [2.45, 2.75) is 52.4 Å². The molecule has 0 amide bonds. The molecule has 0 fully saturated rings. The summed E-state index contributed by atoms with van der Waals surface area (Å²) in [4.78, 5) is 0. The van der Waals surface area contributed by atoms with Crippen LogP contribution in [0.3, 0.4) is 0 Å². The van der Waals surface area contributed by atoms with E-state index >= 15 is 0 Å². The van der Waals surface area contributed by atoms with Crippen molar-refractivity contribution in [1.82, 2.24) is 5.16 Å². The molecule has 0 aliphatic carbocycles. The average Bonchev–Trinajstić information content (AvgIpc) is 2.51. The normalized spacial score (nSPS) is 13.1. The summed E-state index contributed by atoms with van der Waals surface area (Å²) in [6.07, 6.45) is 4.72. The molecule has 1 aromatic heterocycles. The van der Waals surface area contributed by atoms with Gasteiger partial charge in [-0.2, -0.15) is 0 Å². The molecule has 0 spiro atoms. The fourth-order valence-electron chi connectivity index (χ4n) is 1.71. The zero-order chi connectivity index (χ0) is 10.6. The minimum atomic E-state index is 0.486. The molecule has 0 aromatic carbocycles. The predicted molar refractivity (Wildman–Crippen MR) is 58.2 cm³/mol. The molecule has 14 heavy (non-hydrogen) atoms. The Morgan fingerprint density at radius 3 is 2.57 bits per heavy atom. The van der Waals surface area contributed by atoms with E-state index in [1.165, 1.54) is 19.3 Å². The van der Waals surface area contributed by atoms with Crippen LogP contribution in [0.2, 0.25) is 0 Å². The molecular weight excluding hydrogens is 176 g/mol. The molecule has 1 aromatic rings. The summed E-state index contributed by atoms with van der Waals surface area (Å²) in [5.74, 6) is 2.01. The van der Waals surface area contributed by atoms with Gasteiger partial charge in [0, 0.05) is 11.5 Å². The van der Waals surface area contributed by atoms with Gasteiger partial charge in [-0.05, 0) is 19.8 Å². The minimum absolute atomic E-state index is 0.486. The first kappa shape index (κ1) is 11.1. The average molecular weight is 196 g/mol. The number of anilines is 1. The molecule has 1 unspecified atom stereocenters. The highest BCUT2D eigenvalue weighted by Crippen LogP contribution is 2.30. The largest absolute Gasteiger partial charge is 0.381 e. The number of nitrogen functional groups attached to an aromatic ring is 1. The molecule has 80 valence electrons. The topological polar surface area (TPSA) is 52.0 Å². The van der Waals surface area contributed by atoms with E-state index in [1.54, 1.807) is 0 Å². The Kier molecular flexibility index (Phi) is 3.98.